The molecular weight excluding hydrogens is 282 g/mol. The van der Waals surface area contributed by atoms with Crippen molar-refractivity contribution in [1.82, 2.24) is 15.2 Å². The standard InChI is InChI=1S/C16H27N3OS/c1-5-14-13(4)21-15(18-14)6-7-17-16(20)19-9-11(2)8-12(3)10-19/h11-12H,5-10H2,1-4H3,(H,17,20). The van der Waals surface area contributed by atoms with Crippen LogP contribution >= 0.6 is 11.3 Å². The van der Waals surface area contributed by atoms with Crippen LogP contribution in [0.2, 0.25) is 0 Å². The number of rotatable bonds is 4. The Morgan fingerprint density at radius 2 is 2.05 bits per heavy atom. The van der Waals surface area contributed by atoms with Gasteiger partial charge in [0.25, 0.3) is 0 Å². The van der Waals surface area contributed by atoms with Crippen molar-refractivity contribution < 1.29 is 4.79 Å². The van der Waals surface area contributed by atoms with Crippen LogP contribution in [0.3, 0.4) is 0 Å². The van der Waals surface area contributed by atoms with E-state index in [9.17, 15) is 4.79 Å². The van der Waals surface area contributed by atoms with Gasteiger partial charge in [-0.25, -0.2) is 9.78 Å². The number of aryl methyl sites for hydroxylation is 2. The predicted octanol–water partition coefficient (Wildman–Crippen LogP) is 3.24. The van der Waals surface area contributed by atoms with Gasteiger partial charge in [0.05, 0.1) is 10.7 Å². The van der Waals surface area contributed by atoms with Crippen LogP contribution in [0.25, 0.3) is 0 Å². The van der Waals surface area contributed by atoms with Crippen molar-refractivity contribution >= 4 is 17.4 Å². The molecule has 2 atom stereocenters. The molecular formula is C16H27N3OS. The monoisotopic (exact) mass is 309 g/mol. The van der Waals surface area contributed by atoms with Gasteiger partial charge in [-0.15, -0.1) is 11.3 Å². The number of nitrogens with zero attached hydrogens (tertiary/aromatic N) is 2. The Hall–Kier alpha value is -1.10. The van der Waals surface area contributed by atoms with Crippen molar-refractivity contribution in [1.29, 1.82) is 0 Å². The van der Waals surface area contributed by atoms with E-state index in [2.05, 4.69) is 38.0 Å². The number of piperidine rings is 1. The van der Waals surface area contributed by atoms with E-state index in [1.807, 2.05) is 4.90 Å². The molecule has 2 unspecified atom stereocenters. The molecule has 0 saturated carbocycles. The maximum Gasteiger partial charge on any atom is 0.317 e. The van der Waals surface area contributed by atoms with E-state index in [4.69, 9.17) is 0 Å². The zero-order valence-electron chi connectivity index (χ0n) is 13.6. The molecule has 1 aliphatic rings. The first-order valence-corrected chi connectivity index (χ1v) is 8.79. The minimum absolute atomic E-state index is 0.0809. The third-order valence-electron chi connectivity index (χ3n) is 4.04. The van der Waals surface area contributed by atoms with Crippen molar-refractivity contribution in [2.75, 3.05) is 19.6 Å². The average Bonchev–Trinajstić information content (AvgIpc) is 2.77. The van der Waals surface area contributed by atoms with Crippen LogP contribution in [-0.2, 0) is 12.8 Å². The molecule has 4 nitrogen and oxygen atoms in total. The molecule has 0 bridgehead atoms. The van der Waals surface area contributed by atoms with Crippen LogP contribution in [0, 0.1) is 18.8 Å². The Bertz CT molecular complexity index is 476. The van der Waals surface area contributed by atoms with Crippen LogP contribution in [-0.4, -0.2) is 35.5 Å². The maximum absolute atomic E-state index is 12.2. The van der Waals surface area contributed by atoms with Crippen molar-refractivity contribution in [3.63, 3.8) is 0 Å². The van der Waals surface area contributed by atoms with Gasteiger partial charge in [-0.2, -0.15) is 0 Å². The summed E-state index contributed by atoms with van der Waals surface area (Å²) in [5, 5.41) is 4.17. The Balaban J connectivity index is 1.78. The molecule has 2 amide bonds. The quantitative estimate of drug-likeness (QED) is 0.928. The molecule has 1 N–H and O–H groups in total. The van der Waals surface area contributed by atoms with Crippen LogP contribution in [0.4, 0.5) is 4.79 Å². The highest BCUT2D eigenvalue weighted by Gasteiger charge is 2.25. The largest absolute Gasteiger partial charge is 0.338 e. The Morgan fingerprint density at radius 1 is 1.38 bits per heavy atom. The fourth-order valence-corrected chi connectivity index (χ4v) is 4.16. The van der Waals surface area contributed by atoms with Crippen molar-refractivity contribution in [2.24, 2.45) is 11.8 Å². The first-order chi connectivity index (χ1) is 9.99. The summed E-state index contributed by atoms with van der Waals surface area (Å²) in [7, 11) is 0. The van der Waals surface area contributed by atoms with E-state index < -0.39 is 0 Å². The van der Waals surface area contributed by atoms with E-state index in [0.29, 0.717) is 18.4 Å². The summed E-state index contributed by atoms with van der Waals surface area (Å²) in [6, 6.07) is 0.0809. The van der Waals surface area contributed by atoms with Crippen molar-refractivity contribution in [3.05, 3.63) is 15.6 Å². The minimum atomic E-state index is 0.0809. The first-order valence-electron chi connectivity index (χ1n) is 7.97. The number of carbonyl (C=O) groups excluding carboxylic acids is 1. The highest BCUT2D eigenvalue weighted by molar-refractivity contribution is 7.11. The molecule has 1 aromatic heterocycles. The fourth-order valence-electron chi connectivity index (χ4n) is 3.14. The summed E-state index contributed by atoms with van der Waals surface area (Å²) in [5.74, 6) is 1.21. The Labute approximate surface area is 132 Å². The topological polar surface area (TPSA) is 45.2 Å². The molecule has 1 aliphatic heterocycles. The van der Waals surface area contributed by atoms with Gasteiger partial charge in [-0.05, 0) is 31.6 Å². The molecule has 0 radical (unpaired) electrons. The van der Waals surface area contributed by atoms with Crippen LogP contribution in [0.15, 0.2) is 0 Å². The first kappa shape index (κ1) is 16.3. The second kappa shape index (κ2) is 7.25. The number of hydrogen-bond donors (Lipinski definition) is 1. The molecule has 1 saturated heterocycles. The van der Waals surface area contributed by atoms with E-state index >= 15 is 0 Å². The smallest absolute Gasteiger partial charge is 0.317 e. The number of carbonyl (C=O) groups is 1. The minimum Gasteiger partial charge on any atom is -0.338 e. The molecule has 2 rings (SSSR count). The van der Waals surface area contributed by atoms with E-state index in [0.717, 1.165) is 30.9 Å². The molecule has 1 aromatic rings. The average molecular weight is 309 g/mol. The number of nitrogens with one attached hydrogen (secondary N) is 1. The van der Waals surface area contributed by atoms with Crippen molar-refractivity contribution in [3.8, 4) is 0 Å². The molecule has 118 valence electrons. The lowest BCUT2D eigenvalue weighted by Crippen LogP contribution is -2.47. The fraction of sp³-hybridized carbons (Fsp3) is 0.750. The Morgan fingerprint density at radius 3 is 2.62 bits per heavy atom. The van der Waals surface area contributed by atoms with Gasteiger partial charge in [0.1, 0.15) is 0 Å². The van der Waals surface area contributed by atoms with Gasteiger partial charge in [0, 0.05) is 30.9 Å². The van der Waals surface area contributed by atoms with Crippen molar-refractivity contribution in [2.45, 2.75) is 47.0 Å². The number of hydrogen-bond acceptors (Lipinski definition) is 3. The van der Waals surface area contributed by atoms with Crippen LogP contribution in [0.1, 0.15) is 42.8 Å². The summed E-state index contributed by atoms with van der Waals surface area (Å²) >= 11 is 1.75. The molecule has 0 aromatic carbocycles. The second-order valence-corrected chi connectivity index (χ2v) is 7.58. The van der Waals surface area contributed by atoms with Gasteiger partial charge in [0.15, 0.2) is 0 Å². The van der Waals surface area contributed by atoms with Gasteiger partial charge in [-0.1, -0.05) is 20.8 Å². The predicted molar refractivity (Wildman–Crippen MR) is 87.8 cm³/mol. The lowest BCUT2D eigenvalue weighted by Gasteiger charge is -2.34. The van der Waals surface area contributed by atoms with Gasteiger partial charge >= 0.3 is 6.03 Å². The third kappa shape index (κ3) is 4.43. The number of urea groups is 1. The molecule has 5 heteroatoms. The lowest BCUT2D eigenvalue weighted by atomic mass is 9.92. The molecule has 0 aliphatic carbocycles. The van der Waals surface area contributed by atoms with E-state index in [1.54, 1.807) is 11.3 Å². The summed E-state index contributed by atoms with van der Waals surface area (Å²) in [6.45, 7) is 11.1. The summed E-state index contributed by atoms with van der Waals surface area (Å²) in [5.41, 5.74) is 1.19. The highest BCUT2D eigenvalue weighted by atomic mass is 32.1. The summed E-state index contributed by atoms with van der Waals surface area (Å²) < 4.78 is 0. The van der Waals surface area contributed by atoms with E-state index in [-0.39, 0.29) is 6.03 Å². The highest BCUT2D eigenvalue weighted by Crippen LogP contribution is 2.21. The second-order valence-electron chi connectivity index (χ2n) is 6.30. The van der Waals surface area contributed by atoms with Crippen LogP contribution in [0.5, 0.6) is 0 Å². The van der Waals surface area contributed by atoms with Gasteiger partial charge < -0.3 is 10.2 Å². The summed E-state index contributed by atoms with van der Waals surface area (Å²) in [6.07, 6.45) is 3.04. The SMILES string of the molecule is CCc1nc(CCNC(=O)N2CC(C)CC(C)C2)sc1C. The molecule has 2 heterocycles. The zero-order valence-corrected chi connectivity index (χ0v) is 14.4. The zero-order chi connectivity index (χ0) is 15.4. The number of likely N-dealkylation sites (tertiary alicyclic amines) is 1. The maximum atomic E-state index is 12.2. The van der Waals surface area contributed by atoms with Gasteiger partial charge in [-0.3, -0.25) is 0 Å². The molecule has 1 fully saturated rings. The van der Waals surface area contributed by atoms with Gasteiger partial charge in [0.2, 0.25) is 0 Å². The number of thiazole rings is 1. The number of amides is 2. The van der Waals surface area contributed by atoms with E-state index in [1.165, 1.54) is 17.0 Å². The normalized spacial score (nSPS) is 22.4. The Kier molecular flexibility index (Phi) is 5.62. The third-order valence-corrected chi connectivity index (χ3v) is 5.12. The van der Waals surface area contributed by atoms with Crippen LogP contribution < -0.4 is 5.32 Å². The molecule has 0 spiro atoms. The lowest BCUT2D eigenvalue weighted by molar-refractivity contribution is 0.146. The molecule has 21 heavy (non-hydrogen) atoms. The summed E-state index contributed by atoms with van der Waals surface area (Å²) in [4.78, 5) is 20.1. The number of aromatic nitrogens is 1.